The minimum Gasteiger partial charge on any atom is -0.494 e. The number of rotatable bonds is 13. The molecule has 1 aromatic carbocycles. The van der Waals surface area contributed by atoms with Crippen LogP contribution in [0.4, 0.5) is 0 Å². The molecule has 2 rings (SSSR count). The van der Waals surface area contributed by atoms with E-state index in [2.05, 4.69) is 55.3 Å². The summed E-state index contributed by atoms with van der Waals surface area (Å²) >= 11 is 0. The molecule has 0 aromatic heterocycles. The van der Waals surface area contributed by atoms with Gasteiger partial charge in [0.1, 0.15) is 5.75 Å². The Hall–Kier alpha value is -1.79. The van der Waals surface area contributed by atoms with Gasteiger partial charge in [0.2, 0.25) is 0 Å². The second-order valence-electron chi connectivity index (χ2n) is 7.76. The highest BCUT2D eigenvalue weighted by Gasteiger charge is 2.21. The van der Waals surface area contributed by atoms with Crippen molar-refractivity contribution in [3.05, 3.63) is 29.8 Å². The lowest BCUT2D eigenvalue weighted by Crippen LogP contribution is -2.40. The number of nitrogens with one attached hydrogen (secondary N) is 1. The molecule has 6 heteroatoms. The number of guanidine groups is 1. The van der Waals surface area contributed by atoms with E-state index in [0.29, 0.717) is 6.54 Å². The van der Waals surface area contributed by atoms with E-state index < -0.39 is 0 Å². The van der Waals surface area contributed by atoms with Gasteiger partial charge in [-0.3, -0.25) is 0 Å². The van der Waals surface area contributed by atoms with Crippen LogP contribution in [-0.2, 0) is 11.3 Å². The van der Waals surface area contributed by atoms with E-state index in [-0.39, 0.29) is 0 Å². The monoisotopic (exact) mass is 390 g/mol. The molecule has 28 heavy (non-hydrogen) atoms. The van der Waals surface area contributed by atoms with Crippen molar-refractivity contribution < 1.29 is 9.47 Å². The summed E-state index contributed by atoms with van der Waals surface area (Å²) in [6.45, 7) is 7.88. The molecule has 0 aliphatic heterocycles. The molecule has 1 fully saturated rings. The molecule has 1 saturated carbocycles. The molecule has 0 amide bonds. The Morgan fingerprint density at radius 1 is 1.11 bits per heavy atom. The zero-order valence-corrected chi connectivity index (χ0v) is 18.1. The first kappa shape index (κ1) is 22.5. The minimum atomic E-state index is 0.649. The predicted octanol–water partition coefficient (Wildman–Crippen LogP) is 2.84. The van der Waals surface area contributed by atoms with Gasteiger partial charge in [-0.05, 0) is 63.9 Å². The van der Waals surface area contributed by atoms with Crippen molar-refractivity contribution in [2.75, 3.05) is 60.6 Å². The van der Waals surface area contributed by atoms with Crippen LogP contribution in [0.5, 0.6) is 5.75 Å². The van der Waals surface area contributed by atoms with Crippen LogP contribution in [0.1, 0.15) is 31.7 Å². The van der Waals surface area contributed by atoms with E-state index in [1.165, 1.54) is 18.4 Å². The van der Waals surface area contributed by atoms with E-state index in [4.69, 9.17) is 14.5 Å². The summed E-state index contributed by atoms with van der Waals surface area (Å²) in [5, 5.41) is 3.36. The van der Waals surface area contributed by atoms with Gasteiger partial charge in [-0.2, -0.15) is 0 Å². The second-order valence-corrected chi connectivity index (χ2v) is 7.76. The second kappa shape index (κ2) is 12.6. The summed E-state index contributed by atoms with van der Waals surface area (Å²) in [5.74, 6) is 2.65. The Labute approximate surface area is 170 Å². The first-order chi connectivity index (χ1) is 13.6. The Balaban J connectivity index is 1.75. The summed E-state index contributed by atoms with van der Waals surface area (Å²) in [7, 11) is 6.22. The van der Waals surface area contributed by atoms with Crippen LogP contribution in [-0.4, -0.2) is 76.4 Å². The van der Waals surface area contributed by atoms with Gasteiger partial charge in [-0.15, -0.1) is 0 Å². The molecule has 0 unspecified atom stereocenters. The fourth-order valence-electron chi connectivity index (χ4n) is 2.74. The molecular weight excluding hydrogens is 352 g/mol. The van der Waals surface area contributed by atoms with Gasteiger partial charge in [0.15, 0.2) is 5.96 Å². The van der Waals surface area contributed by atoms with Gasteiger partial charge in [0.25, 0.3) is 0 Å². The zero-order chi connectivity index (χ0) is 20.2. The third kappa shape index (κ3) is 9.42. The molecule has 158 valence electrons. The Bertz CT molecular complexity index is 570. The van der Waals surface area contributed by atoms with Crippen molar-refractivity contribution in [1.82, 2.24) is 15.1 Å². The number of benzene rings is 1. The van der Waals surface area contributed by atoms with Gasteiger partial charge < -0.3 is 24.6 Å². The molecule has 0 bridgehead atoms. The van der Waals surface area contributed by atoms with Crippen molar-refractivity contribution in [2.45, 2.75) is 32.7 Å². The van der Waals surface area contributed by atoms with Crippen molar-refractivity contribution in [3.63, 3.8) is 0 Å². The Kier molecular flexibility index (Phi) is 10.1. The Morgan fingerprint density at radius 2 is 1.86 bits per heavy atom. The highest BCUT2D eigenvalue weighted by molar-refractivity contribution is 5.79. The number of hydrogen-bond donors (Lipinski definition) is 1. The molecular formula is C22H38N4O2. The standard InChI is InChI=1S/C22H38N4O2/c1-5-23-22(26(4)14-16-27-18-20-7-8-20)24-17-19-9-11-21(12-10-19)28-15-6-13-25(2)3/h9-12,20H,5-8,13-18H2,1-4H3,(H,23,24). The molecule has 1 N–H and O–H groups in total. The number of likely N-dealkylation sites (N-methyl/N-ethyl adjacent to an activating group) is 1. The molecule has 6 nitrogen and oxygen atoms in total. The maximum atomic E-state index is 5.79. The maximum absolute atomic E-state index is 5.79. The van der Waals surface area contributed by atoms with Crippen LogP contribution in [0.15, 0.2) is 29.3 Å². The summed E-state index contributed by atoms with van der Waals surface area (Å²) in [5.41, 5.74) is 1.18. The third-order valence-electron chi connectivity index (χ3n) is 4.67. The highest BCUT2D eigenvalue weighted by Crippen LogP contribution is 2.28. The van der Waals surface area contributed by atoms with Crippen LogP contribution in [0, 0.1) is 5.92 Å². The summed E-state index contributed by atoms with van der Waals surface area (Å²) < 4.78 is 11.5. The summed E-state index contributed by atoms with van der Waals surface area (Å²) in [4.78, 5) is 9.07. The van der Waals surface area contributed by atoms with Crippen LogP contribution >= 0.6 is 0 Å². The van der Waals surface area contributed by atoms with Crippen molar-refractivity contribution >= 4 is 5.96 Å². The van der Waals surface area contributed by atoms with Crippen molar-refractivity contribution in [1.29, 1.82) is 0 Å². The molecule has 0 atom stereocenters. The molecule has 1 aliphatic rings. The van der Waals surface area contributed by atoms with Gasteiger partial charge in [-0.1, -0.05) is 12.1 Å². The van der Waals surface area contributed by atoms with Gasteiger partial charge >= 0.3 is 0 Å². The fourth-order valence-corrected chi connectivity index (χ4v) is 2.74. The highest BCUT2D eigenvalue weighted by atomic mass is 16.5. The molecule has 0 spiro atoms. The van der Waals surface area contributed by atoms with E-state index in [1.807, 2.05) is 12.1 Å². The lowest BCUT2D eigenvalue weighted by Gasteiger charge is -2.22. The molecule has 1 aliphatic carbocycles. The first-order valence-electron chi connectivity index (χ1n) is 10.5. The third-order valence-corrected chi connectivity index (χ3v) is 4.67. The number of nitrogens with zero attached hydrogens (tertiary/aromatic N) is 3. The zero-order valence-electron chi connectivity index (χ0n) is 18.1. The average Bonchev–Trinajstić information content (AvgIpc) is 3.51. The largest absolute Gasteiger partial charge is 0.494 e. The van der Waals surface area contributed by atoms with Crippen molar-refractivity contribution in [2.24, 2.45) is 10.9 Å². The quantitative estimate of drug-likeness (QED) is 0.319. The first-order valence-corrected chi connectivity index (χ1v) is 10.5. The van der Waals surface area contributed by atoms with Gasteiger partial charge in [-0.25, -0.2) is 4.99 Å². The van der Waals surface area contributed by atoms with Crippen LogP contribution in [0.25, 0.3) is 0 Å². The normalized spacial score (nSPS) is 14.4. The van der Waals surface area contributed by atoms with Crippen LogP contribution in [0.3, 0.4) is 0 Å². The molecule has 0 heterocycles. The Morgan fingerprint density at radius 3 is 2.50 bits per heavy atom. The predicted molar refractivity (Wildman–Crippen MR) is 116 cm³/mol. The van der Waals surface area contributed by atoms with E-state index in [1.54, 1.807) is 0 Å². The summed E-state index contributed by atoms with van der Waals surface area (Å²) in [6.07, 6.45) is 3.70. The van der Waals surface area contributed by atoms with E-state index >= 15 is 0 Å². The number of aliphatic imine (C=N–C) groups is 1. The molecule has 0 radical (unpaired) electrons. The van der Waals surface area contributed by atoms with Crippen LogP contribution < -0.4 is 10.1 Å². The maximum Gasteiger partial charge on any atom is 0.194 e. The van der Waals surface area contributed by atoms with Gasteiger partial charge in [0.05, 0.1) is 19.8 Å². The fraction of sp³-hybridized carbons (Fsp3) is 0.682. The smallest absolute Gasteiger partial charge is 0.194 e. The topological polar surface area (TPSA) is 49.3 Å². The van der Waals surface area contributed by atoms with Gasteiger partial charge in [0, 0.05) is 33.3 Å². The SMILES string of the molecule is CCNC(=NCc1ccc(OCCCN(C)C)cc1)N(C)CCOCC1CC1. The number of ether oxygens (including phenoxy) is 2. The minimum absolute atomic E-state index is 0.649. The molecule has 0 saturated heterocycles. The van der Waals surface area contributed by atoms with E-state index in [0.717, 1.165) is 63.5 Å². The summed E-state index contributed by atoms with van der Waals surface area (Å²) in [6, 6.07) is 8.24. The lowest BCUT2D eigenvalue weighted by atomic mass is 10.2. The lowest BCUT2D eigenvalue weighted by molar-refractivity contribution is 0.115. The average molecular weight is 391 g/mol. The molecule has 1 aromatic rings. The number of hydrogen-bond acceptors (Lipinski definition) is 4. The van der Waals surface area contributed by atoms with Crippen LogP contribution in [0.2, 0.25) is 0 Å². The van der Waals surface area contributed by atoms with Crippen molar-refractivity contribution in [3.8, 4) is 5.75 Å². The van der Waals surface area contributed by atoms with E-state index in [9.17, 15) is 0 Å².